The molecule has 174 valence electrons. The van der Waals surface area contributed by atoms with Crippen LogP contribution in [0.25, 0.3) is 10.9 Å². The van der Waals surface area contributed by atoms with Gasteiger partial charge in [0.15, 0.2) is 17.6 Å². The minimum atomic E-state index is -0.879. The summed E-state index contributed by atoms with van der Waals surface area (Å²) in [5.41, 5.74) is 0.826. The molecule has 0 aliphatic carbocycles. The predicted molar refractivity (Wildman–Crippen MR) is 133 cm³/mol. The topological polar surface area (TPSA) is 92.0 Å². The lowest BCUT2D eigenvalue weighted by atomic mass is 10.2. The third-order valence-corrected chi connectivity index (χ3v) is 5.71. The van der Waals surface area contributed by atoms with Gasteiger partial charge >= 0.3 is 5.97 Å². The van der Waals surface area contributed by atoms with Crippen molar-refractivity contribution in [2.45, 2.75) is 32.8 Å². The van der Waals surface area contributed by atoms with Crippen LogP contribution in [0.5, 0.6) is 11.5 Å². The zero-order valence-electron chi connectivity index (χ0n) is 18.6. The van der Waals surface area contributed by atoms with Crippen LogP contribution in [0.4, 0.5) is 0 Å². The number of halogens is 2. The summed E-state index contributed by atoms with van der Waals surface area (Å²) in [6.45, 7) is 3.58. The summed E-state index contributed by atoms with van der Waals surface area (Å²) in [4.78, 5) is 29.8. The minimum absolute atomic E-state index is 0.284. The number of fused-ring (bicyclic) bond motifs is 1. The smallest absolute Gasteiger partial charge is 0.346 e. The lowest BCUT2D eigenvalue weighted by molar-refractivity contribution is -0.147. The van der Waals surface area contributed by atoms with E-state index in [1.54, 1.807) is 31.2 Å². The van der Waals surface area contributed by atoms with Crippen molar-refractivity contribution in [2.75, 3.05) is 14.2 Å². The number of aryl methyl sites for hydroxylation is 1. The van der Waals surface area contributed by atoms with Crippen LogP contribution in [0.3, 0.4) is 0 Å². The van der Waals surface area contributed by atoms with Crippen molar-refractivity contribution in [1.82, 2.24) is 9.66 Å². The van der Waals surface area contributed by atoms with Crippen LogP contribution in [0.15, 0.2) is 49.2 Å². The monoisotopic (exact) mass is 579 g/mol. The van der Waals surface area contributed by atoms with Gasteiger partial charge in [-0.1, -0.05) is 38.8 Å². The van der Waals surface area contributed by atoms with E-state index in [0.29, 0.717) is 44.7 Å². The van der Waals surface area contributed by atoms with E-state index in [-0.39, 0.29) is 5.56 Å². The predicted octanol–water partition coefficient (Wildman–Crippen LogP) is 4.71. The number of hydrogen-bond donors (Lipinski definition) is 0. The van der Waals surface area contributed by atoms with Gasteiger partial charge in [0.1, 0.15) is 5.82 Å². The summed E-state index contributed by atoms with van der Waals surface area (Å²) in [5.74, 6) is 0.696. The first-order chi connectivity index (χ1) is 15.8. The normalized spacial score (nSPS) is 12.2. The van der Waals surface area contributed by atoms with Gasteiger partial charge in [-0.3, -0.25) is 4.79 Å². The molecule has 0 saturated heterocycles. The number of benzene rings is 2. The Kier molecular flexibility index (Phi) is 8.25. The summed E-state index contributed by atoms with van der Waals surface area (Å²) in [7, 11) is 2.78. The zero-order valence-corrected chi connectivity index (χ0v) is 21.8. The van der Waals surface area contributed by atoms with Crippen molar-refractivity contribution in [3.8, 4) is 11.5 Å². The Morgan fingerprint density at radius 1 is 1.21 bits per heavy atom. The summed E-state index contributed by atoms with van der Waals surface area (Å²) in [6.07, 6.45) is 1.97. The molecule has 0 aliphatic rings. The Morgan fingerprint density at radius 2 is 1.97 bits per heavy atom. The van der Waals surface area contributed by atoms with Gasteiger partial charge in [-0.05, 0) is 43.7 Å². The second-order valence-corrected chi connectivity index (χ2v) is 8.94. The first-order valence-corrected chi connectivity index (χ1v) is 11.7. The number of rotatable bonds is 8. The summed E-state index contributed by atoms with van der Waals surface area (Å²) in [5, 5.41) is 4.90. The first-order valence-electron chi connectivity index (χ1n) is 10.2. The molecule has 1 atom stereocenters. The van der Waals surface area contributed by atoms with Crippen LogP contribution in [0.1, 0.15) is 31.7 Å². The maximum atomic E-state index is 13.2. The molecule has 2 aromatic carbocycles. The Bertz CT molecular complexity index is 1270. The molecule has 0 radical (unpaired) electrons. The standard InChI is InChI=1S/C23H23Br2N3O5/c1-5-6-20-27-18-8-7-15(24)10-17(18)22(29)28(20)26-12-14-9-16(25)11-19(31-3)21(14)33-13(2)23(30)32-4/h7-13H,5-6H2,1-4H3/t13-/m0/s1. The van der Waals surface area contributed by atoms with E-state index in [0.717, 1.165) is 10.9 Å². The van der Waals surface area contributed by atoms with E-state index in [4.69, 9.17) is 14.2 Å². The quantitative estimate of drug-likeness (QED) is 0.283. The number of nitrogens with zero attached hydrogens (tertiary/aromatic N) is 3. The van der Waals surface area contributed by atoms with Crippen LogP contribution in [-0.4, -0.2) is 42.2 Å². The minimum Gasteiger partial charge on any atom is -0.493 e. The van der Waals surface area contributed by atoms with Crippen molar-refractivity contribution in [2.24, 2.45) is 5.10 Å². The van der Waals surface area contributed by atoms with Crippen molar-refractivity contribution in [3.63, 3.8) is 0 Å². The van der Waals surface area contributed by atoms with E-state index in [2.05, 4.69) is 41.9 Å². The van der Waals surface area contributed by atoms with Crippen molar-refractivity contribution in [3.05, 3.63) is 61.0 Å². The molecule has 10 heteroatoms. The third kappa shape index (κ3) is 5.62. The van der Waals surface area contributed by atoms with Crippen molar-refractivity contribution < 1.29 is 19.0 Å². The van der Waals surface area contributed by atoms with Crippen LogP contribution in [0.2, 0.25) is 0 Å². The first kappa shape index (κ1) is 24.9. The SMILES string of the molecule is CCCc1nc2ccc(Br)cc2c(=O)n1N=Cc1cc(Br)cc(OC)c1O[C@@H](C)C(=O)OC. The van der Waals surface area contributed by atoms with Gasteiger partial charge in [-0.25, -0.2) is 9.78 Å². The summed E-state index contributed by atoms with van der Waals surface area (Å²) < 4.78 is 18.8. The van der Waals surface area contributed by atoms with E-state index >= 15 is 0 Å². The lowest BCUT2D eigenvalue weighted by Gasteiger charge is -2.17. The number of hydrogen-bond acceptors (Lipinski definition) is 7. The molecule has 1 heterocycles. The highest BCUT2D eigenvalue weighted by atomic mass is 79.9. The Labute approximate surface area is 207 Å². The third-order valence-electron chi connectivity index (χ3n) is 4.76. The molecule has 0 spiro atoms. The van der Waals surface area contributed by atoms with Gasteiger partial charge < -0.3 is 14.2 Å². The van der Waals surface area contributed by atoms with Gasteiger partial charge in [0, 0.05) is 20.9 Å². The van der Waals surface area contributed by atoms with Crippen LogP contribution < -0.4 is 15.0 Å². The lowest BCUT2D eigenvalue weighted by Crippen LogP contribution is -2.25. The number of carbonyl (C=O) groups is 1. The molecule has 0 amide bonds. The largest absolute Gasteiger partial charge is 0.493 e. The van der Waals surface area contributed by atoms with Crippen molar-refractivity contribution in [1.29, 1.82) is 0 Å². The molecule has 3 aromatic rings. The number of ether oxygens (including phenoxy) is 3. The summed E-state index contributed by atoms with van der Waals surface area (Å²) in [6, 6.07) is 8.83. The highest BCUT2D eigenvalue weighted by Gasteiger charge is 2.20. The molecular formula is C23H23Br2N3O5. The fraction of sp³-hybridized carbons (Fsp3) is 0.304. The number of carbonyl (C=O) groups excluding carboxylic acids is 1. The molecule has 0 N–H and O–H groups in total. The summed E-state index contributed by atoms with van der Waals surface area (Å²) >= 11 is 6.84. The van der Waals surface area contributed by atoms with E-state index < -0.39 is 12.1 Å². The second kappa shape index (κ2) is 10.9. The van der Waals surface area contributed by atoms with Gasteiger partial charge in [0.05, 0.1) is 31.3 Å². The average Bonchev–Trinajstić information content (AvgIpc) is 2.80. The van der Waals surface area contributed by atoms with Gasteiger partial charge in [-0.2, -0.15) is 9.78 Å². The van der Waals surface area contributed by atoms with Gasteiger partial charge in [0.25, 0.3) is 5.56 Å². The van der Waals surface area contributed by atoms with Crippen LogP contribution in [0, 0.1) is 0 Å². The fourth-order valence-electron chi connectivity index (χ4n) is 3.17. The molecule has 3 rings (SSSR count). The molecule has 1 aromatic heterocycles. The van der Waals surface area contributed by atoms with Crippen LogP contribution >= 0.6 is 31.9 Å². The van der Waals surface area contributed by atoms with Gasteiger partial charge in [-0.15, -0.1) is 0 Å². The molecule has 0 unspecified atom stereocenters. The Balaban J connectivity index is 2.15. The number of esters is 1. The van der Waals surface area contributed by atoms with E-state index in [9.17, 15) is 9.59 Å². The Hall–Kier alpha value is -2.72. The zero-order chi connectivity index (χ0) is 24.1. The van der Waals surface area contributed by atoms with E-state index in [1.807, 2.05) is 13.0 Å². The maximum absolute atomic E-state index is 13.2. The van der Waals surface area contributed by atoms with Crippen LogP contribution in [-0.2, 0) is 16.0 Å². The molecule has 0 aliphatic heterocycles. The molecule has 0 saturated carbocycles. The van der Waals surface area contributed by atoms with Crippen molar-refractivity contribution >= 4 is 54.9 Å². The molecule has 8 nitrogen and oxygen atoms in total. The van der Waals surface area contributed by atoms with Gasteiger partial charge in [0.2, 0.25) is 0 Å². The molecule has 0 fully saturated rings. The average molecular weight is 581 g/mol. The molecule has 33 heavy (non-hydrogen) atoms. The second-order valence-electron chi connectivity index (χ2n) is 7.11. The number of methoxy groups -OCH3 is 2. The molecule has 0 bridgehead atoms. The maximum Gasteiger partial charge on any atom is 0.346 e. The van der Waals surface area contributed by atoms with E-state index in [1.165, 1.54) is 25.1 Å². The Morgan fingerprint density at radius 3 is 2.64 bits per heavy atom. The fourth-order valence-corrected chi connectivity index (χ4v) is 3.99. The molecular weight excluding hydrogens is 558 g/mol. The number of aromatic nitrogens is 2. The highest BCUT2D eigenvalue weighted by Crippen LogP contribution is 2.35. The highest BCUT2D eigenvalue weighted by molar-refractivity contribution is 9.10.